The van der Waals surface area contributed by atoms with Gasteiger partial charge in [0, 0.05) is 18.7 Å². The standard InChI is InChI=1S/C19H22N2O3S/c1-15-6-4-9-17(14-15)20-19(22)11-13-25(23,24)21-12-5-8-16-7-2-3-10-18(16)21/h2-4,6-7,9-10,14H,5,8,11-13H2,1H3,(H,20,22). The molecule has 1 N–H and O–H groups in total. The summed E-state index contributed by atoms with van der Waals surface area (Å²) in [4.78, 5) is 12.1. The van der Waals surface area contributed by atoms with E-state index in [0.717, 1.165) is 29.7 Å². The lowest BCUT2D eigenvalue weighted by molar-refractivity contribution is -0.115. The monoisotopic (exact) mass is 358 g/mol. The first kappa shape index (κ1) is 17.5. The topological polar surface area (TPSA) is 66.5 Å². The van der Waals surface area contributed by atoms with Gasteiger partial charge in [-0.15, -0.1) is 0 Å². The zero-order valence-electron chi connectivity index (χ0n) is 14.2. The van der Waals surface area contributed by atoms with Gasteiger partial charge >= 0.3 is 0 Å². The number of hydrogen-bond donors (Lipinski definition) is 1. The summed E-state index contributed by atoms with van der Waals surface area (Å²) in [7, 11) is -3.52. The number of fused-ring (bicyclic) bond motifs is 1. The minimum Gasteiger partial charge on any atom is -0.326 e. The van der Waals surface area contributed by atoms with Crippen molar-refractivity contribution in [1.29, 1.82) is 0 Å². The fourth-order valence-corrected chi connectivity index (χ4v) is 4.62. The number of rotatable bonds is 5. The van der Waals surface area contributed by atoms with Crippen LogP contribution >= 0.6 is 0 Å². The Bertz CT molecular complexity index is 878. The maximum Gasteiger partial charge on any atom is 0.235 e. The number of benzene rings is 2. The zero-order chi connectivity index (χ0) is 17.9. The van der Waals surface area contributed by atoms with E-state index in [1.54, 1.807) is 6.07 Å². The average Bonchev–Trinajstić information content (AvgIpc) is 2.59. The molecule has 0 aromatic heterocycles. The maximum atomic E-state index is 12.7. The van der Waals surface area contributed by atoms with E-state index in [0.29, 0.717) is 12.2 Å². The van der Waals surface area contributed by atoms with E-state index in [2.05, 4.69) is 5.32 Å². The van der Waals surface area contributed by atoms with Crippen molar-refractivity contribution in [3.8, 4) is 0 Å². The Kier molecular flexibility index (Phi) is 5.08. The summed E-state index contributed by atoms with van der Waals surface area (Å²) in [6, 6.07) is 15.0. The van der Waals surface area contributed by atoms with Crippen molar-refractivity contribution in [1.82, 2.24) is 0 Å². The highest BCUT2D eigenvalue weighted by Crippen LogP contribution is 2.29. The van der Waals surface area contributed by atoms with Gasteiger partial charge in [0.15, 0.2) is 0 Å². The molecule has 25 heavy (non-hydrogen) atoms. The Morgan fingerprint density at radius 3 is 2.76 bits per heavy atom. The smallest absolute Gasteiger partial charge is 0.235 e. The molecule has 0 spiro atoms. The van der Waals surface area contributed by atoms with Crippen LogP contribution in [0.1, 0.15) is 24.0 Å². The Labute approximate surface area is 148 Å². The summed E-state index contributed by atoms with van der Waals surface area (Å²) in [6.07, 6.45) is 1.62. The minimum atomic E-state index is -3.52. The fourth-order valence-electron chi connectivity index (χ4n) is 3.07. The molecule has 0 fully saturated rings. The highest BCUT2D eigenvalue weighted by Gasteiger charge is 2.27. The Morgan fingerprint density at radius 1 is 1.16 bits per heavy atom. The van der Waals surface area contributed by atoms with Crippen LogP contribution in [0.3, 0.4) is 0 Å². The number of nitrogens with zero attached hydrogens (tertiary/aromatic N) is 1. The van der Waals surface area contributed by atoms with Gasteiger partial charge in [-0.1, -0.05) is 30.3 Å². The summed E-state index contributed by atoms with van der Waals surface area (Å²) in [5.41, 5.74) is 3.51. The number of carbonyl (C=O) groups excluding carboxylic acids is 1. The molecule has 5 nitrogen and oxygen atoms in total. The van der Waals surface area contributed by atoms with Crippen molar-refractivity contribution in [2.45, 2.75) is 26.2 Å². The lowest BCUT2D eigenvalue weighted by atomic mass is 10.0. The third-order valence-corrected chi connectivity index (χ3v) is 6.06. The van der Waals surface area contributed by atoms with Gasteiger partial charge in [0.2, 0.25) is 15.9 Å². The predicted molar refractivity (Wildman–Crippen MR) is 100 cm³/mol. The van der Waals surface area contributed by atoms with Gasteiger partial charge < -0.3 is 5.32 Å². The summed E-state index contributed by atoms with van der Waals surface area (Å²) in [6.45, 7) is 2.41. The second-order valence-electron chi connectivity index (χ2n) is 6.29. The number of sulfonamides is 1. The van der Waals surface area contributed by atoms with Gasteiger partial charge in [0.05, 0.1) is 11.4 Å². The van der Waals surface area contributed by atoms with E-state index in [1.807, 2.05) is 49.4 Å². The van der Waals surface area contributed by atoms with Gasteiger partial charge in [0.25, 0.3) is 0 Å². The molecule has 3 rings (SSSR count). The maximum absolute atomic E-state index is 12.7. The normalized spacial score (nSPS) is 14.0. The quantitative estimate of drug-likeness (QED) is 0.893. The van der Waals surface area contributed by atoms with Gasteiger partial charge in [-0.2, -0.15) is 0 Å². The molecule has 0 unspecified atom stereocenters. The van der Waals surface area contributed by atoms with Gasteiger partial charge in [0.1, 0.15) is 0 Å². The minimum absolute atomic E-state index is 0.0606. The number of aryl methyl sites for hydroxylation is 2. The van der Waals surface area contributed by atoms with Crippen molar-refractivity contribution < 1.29 is 13.2 Å². The van der Waals surface area contributed by atoms with Gasteiger partial charge in [-0.25, -0.2) is 8.42 Å². The molecule has 1 aliphatic heterocycles. The number of amides is 1. The lowest BCUT2D eigenvalue weighted by Crippen LogP contribution is -2.37. The molecule has 1 amide bonds. The first-order valence-electron chi connectivity index (χ1n) is 8.40. The zero-order valence-corrected chi connectivity index (χ0v) is 15.1. The van der Waals surface area contributed by atoms with E-state index in [1.165, 1.54) is 4.31 Å². The third kappa shape index (κ3) is 4.20. The second kappa shape index (κ2) is 7.27. The van der Waals surface area contributed by atoms with Gasteiger partial charge in [-0.3, -0.25) is 9.10 Å². The highest BCUT2D eigenvalue weighted by molar-refractivity contribution is 7.92. The number of nitrogens with one attached hydrogen (secondary N) is 1. The van der Waals surface area contributed by atoms with Crippen molar-refractivity contribution in [3.63, 3.8) is 0 Å². The molecule has 1 aliphatic rings. The van der Waals surface area contributed by atoms with Crippen LogP contribution in [-0.4, -0.2) is 26.6 Å². The Morgan fingerprint density at radius 2 is 1.96 bits per heavy atom. The van der Waals surface area contributed by atoms with Crippen LogP contribution in [0.4, 0.5) is 11.4 Å². The van der Waals surface area contributed by atoms with Crippen LogP contribution in [0.2, 0.25) is 0 Å². The Balaban J connectivity index is 1.65. The fraction of sp³-hybridized carbons (Fsp3) is 0.316. The van der Waals surface area contributed by atoms with Gasteiger partial charge in [-0.05, 0) is 49.1 Å². The van der Waals surface area contributed by atoms with Crippen LogP contribution in [0.5, 0.6) is 0 Å². The molecule has 0 aliphatic carbocycles. The first-order valence-corrected chi connectivity index (χ1v) is 10.0. The molecule has 0 saturated heterocycles. The van der Waals surface area contributed by atoms with Crippen LogP contribution in [0, 0.1) is 6.92 Å². The van der Waals surface area contributed by atoms with Crippen molar-refractivity contribution in [2.24, 2.45) is 0 Å². The number of para-hydroxylation sites is 1. The Hall–Kier alpha value is -2.34. The molecule has 132 valence electrons. The van der Waals surface area contributed by atoms with Crippen LogP contribution in [-0.2, 0) is 21.2 Å². The number of carbonyl (C=O) groups is 1. The molecule has 2 aromatic rings. The first-order chi connectivity index (χ1) is 12.0. The van der Waals surface area contributed by atoms with E-state index in [4.69, 9.17) is 0 Å². The van der Waals surface area contributed by atoms with E-state index < -0.39 is 10.0 Å². The molecule has 0 radical (unpaired) electrons. The SMILES string of the molecule is Cc1cccc(NC(=O)CCS(=O)(=O)N2CCCc3ccccc32)c1. The van der Waals surface area contributed by atoms with Crippen molar-refractivity contribution >= 4 is 27.3 Å². The molecule has 0 saturated carbocycles. The van der Waals surface area contributed by atoms with Crippen LogP contribution in [0.15, 0.2) is 48.5 Å². The van der Waals surface area contributed by atoms with Crippen molar-refractivity contribution in [2.75, 3.05) is 21.9 Å². The highest BCUT2D eigenvalue weighted by atomic mass is 32.2. The summed E-state index contributed by atoms with van der Waals surface area (Å²) in [5.74, 6) is -0.488. The van der Waals surface area contributed by atoms with E-state index >= 15 is 0 Å². The number of hydrogen-bond acceptors (Lipinski definition) is 3. The number of anilines is 2. The van der Waals surface area contributed by atoms with Crippen LogP contribution < -0.4 is 9.62 Å². The second-order valence-corrected chi connectivity index (χ2v) is 8.30. The summed E-state index contributed by atoms with van der Waals surface area (Å²) in [5, 5.41) is 2.76. The van der Waals surface area contributed by atoms with E-state index in [9.17, 15) is 13.2 Å². The lowest BCUT2D eigenvalue weighted by Gasteiger charge is -2.30. The molecule has 6 heteroatoms. The van der Waals surface area contributed by atoms with E-state index in [-0.39, 0.29) is 18.1 Å². The largest absolute Gasteiger partial charge is 0.326 e. The third-order valence-electron chi connectivity index (χ3n) is 4.29. The predicted octanol–water partition coefficient (Wildman–Crippen LogP) is 3.11. The van der Waals surface area contributed by atoms with Crippen LogP contribution in [0.25, 0.3) is 0 Å². The molecule has 0 bridgehead atoms. The van der Waals surface area contributed by atoms with Crippen molar-refractivity contribution in [3.05, 3.63) is 59.7 Å². The molecule has 2 aromatic carbocycles. The molecular weight excluding hydrogens is 336 g/mol. The molecule has 1 heterocycles. The summed E-state index contributed by atoms with van der Waals surface area (Å²) < 4.78 is 26.9. The molecular formula is C19H22N2O3S. The summed E-state index contributed by atoms with van der Waals surface area (Å²) >= 11 is 0. The molecule has 0 atom stereocenters. The average molecular weight is 358 g/mol.